The molecule has 28 heavy (non-hydrogen) atoms. The number of benzene rings is 2. The molecular formula is C20H18N2O6. The molecule has 1 saturated heterocycles. The fourth-order valence-electron chi connectivity index (χ4n) is 3.21. The van der Waals surface area contributed by atoms with Crippen molar-refractivity contribution < 1.29 is 24.7 Å². The lowest BCUT2D eigenvalue weighted by Crippen LogP contribution is -2.32. The number of rotatable bonds is 5. The maximum atomic E-state index is 12.6. The molecular weight excluding hydrogens is 364 g/mol. The molecule has 0 aromatic heterocycles. The van der Waals surface area contributed by atoms with E-state index in [1.807, 2.05) is 6.92 Å². The summed E-state index contributed by atoms with van der Waals surface area (Å²) in [7, 11) is 0. The highest BCUT2D eigenvalue weighted by atomic mass is 16.6. The molecule has 2 aromatic carbocycles. The van der Waals surface area contributed by atoms with E-state index in [9.17, 15) is 29.9 Å². The number of nitro groups is 1. The van der Waals surface area contributed by atoms with Crippen molar-refractivity contribution in [2.75, 3.05) is 13.2 Å². The van der Waals surface area contributed by atoms with Gasteiger partial charge >= 0.3 is 0 Å². The summed E-state index contributed by atoms with van der Waals surface area (Å²) in [6, 6.07) is 11.2. The van der Waals surface area contributed by atoms with Crippen LogP contribution in [0.3, 0.4) is 0 Å². The normalized spacial score (nSPS) is 18.5. The molecule has 1 heterocycles. The summed E-state index contributed by atoms with van der Waals surface area (Å²) >= 11 is 0. The van der Waals surface area contributed by atoms with E-state index in [0.29, 0.717) is 11.1 Å². The van der Waals surface area contributed by atoms with Crippen molar-refractivity contribution in [3.8, 4) is 0 Å². The van der Waals surface area contributed by atoms with Gasteiger partial charge < -0.3 is 15.1 Å². The molecule has 8 heteroatoms. The van der Waals surface area contributed by atoms with Gasteiger partial charge in [-0.25, -0.2) is 0 Å². The summed E-state index contributed by atoms with van der Waals surface area (Å²) in [6.45, 7) is 1.39. The number of hydrogen-bond donors (Lipinski definition) is 2. The fourth-order valence-corrected chi connectivity index (χ4v) is 3.21. The van der Waals surface area contributed by atoms with E-state index in [4.69, 9.17) is 0 Å². The molecule has 2 N–H and O–H groups in total. The fraction of sp³-hybridized carbons (Fsp3) is 0.200. The summed E-state index contributed by atoms with van der Waals surface area (Å²) in [5.74, 6) is -2.04. The van der Waals surface area contributed by atoms with Crippen LogP contribution >= 0.6 is 0 Å². The molecule has 1 aliphatic rings. The Morgan fingerprint density at radius 1 is 1.11 bits per heavy atom. The van der Waals surface area contributed by atoms with Gasteiger partial charge in [0.15, 0.2) is 0 Å². The summed E-state index contributed by atoms with van der Waals surface area (Å²) < 4.78 is 0. The van der Waals surface area contributed by atoms with Crippen molar-refractivity contribution in [2.24, 2.45) is 0 Å². The van der Waals surface area contributed by atoms with Gasteiger partial charge in [0.05, 0.1) is 23.1 Å². The first-order valence-corrected chi connectivity index (χ1v) is 8.55. The van der Waals surface area contributed by atoms with E-state index in [-0.39, 0.29) is 30.2 Å². The van der Waals surface area contributed by atoms with Crippen LogP contribution in [0.4, 0.5) is 5.69 Å². The molecule has 1 atom stereocenters. The molecule has 2 aromatic rings. The highest BCUT2D eigenvalue weighted by molar-refractivity contribution is 6.46. The quantitative estimate of drug-likeness (QED) is 0.269. The third kappa shape index (κ3) is 3.37. The van der Waals surface area contributed by atoms with E-state index in [2.05, 4.69) is 0 Å². The first kappa shape index (κ1) is 19.2. The van der Waals surface area contributed by atoms with Crippen molar-refractivity contribution in [2.45, 2.75) is 13.0 Å². The standard InChI is InChI=1S/C20H18N2O6/c1-12-2-4-14(5-3-12)18(24)16-17(21(10-11-23)20(26)19(16)25)13-6-8-15(9-7-13)22(27)28/h2-9,17,23-24H,10-11H2,1H3/b18-16+/t17-/m0/s1. The Morgan fingerprint density at radius 3 is 2.25 bits per heavy atom. The van der Waals surface area contributed by atoms with E-state index < -0.39 is 22.7 Å². The number of nitro benzene ring substituents is 1. The highest BCUT2D eigenvalue weighted by Gasteiger charge is 2.45. The molecule has 0 spiro atoms. The average Bonchev–Trinajstić information content (AvgIpc) is 2.93. The molecule has 1 aliphatic heterocycles. The van der Waals surface area contributed by atoms with Crippen LogP contribution in [0.25, 0.3) is 5.76 Å². The molecule has 3 rings (SSSR count). The number of amides is 1. The number of β-amino-alcohol motifs (C(OH)–C–C–N with tert-alkyl or cyclic N) is 1. The molecule has 0 aliphatic carbocycles. The molecule has 144 valence electrons. The van der Waals surface area contributed by atoms with Gasteiger partial charge in [0.25, 0.3) is 17.4 Å². The van der Waals surface area contributed by atoms with Crippen LogP contribution in [0.15, 0.2) is 54.1 Å². The number of hydrogen-bond acceptors (Lipinski definition) is 6. The molecule has 0 saturated carbocycles. The third-order valence-corrected chi connectivity index (χ3v) is 4.63. The molecule has 1 fully saturated rings. The number of carbonyl (C=O) groups is 2. The summed E-state index contributed by atoms with van der Waals surface area (Å²) in [5.41, 5.74) is 1.51. The zero-order chi connectivity index (χ0) is 20.4. The topological polar surface area (TPSA) is 121 Å². The lowest BCUT2D eigenvalue weighted by atomic mass is 9.95. The Bertz CT molecular complexity index is 963. The van der Waals surface area contributed by atoms with Crippen LogP contribution in [-0.2, 0) is 9.59 Å². The highest BCUT2D eigenvalue weighted by Crippen LogP contribution is 2.39. The minimum atomic E-state index is -0.950. The van der Waals surface area contributed by atoms with Gasteiger partial charge in [-0.1, -0.05) is 29.8 Å². The monoisotopic (exact) mass is 382 g/mol. The molecule has 1 amide bonds. The first-order valence-electron chi connectivity index (χ1n) is 8.55. The maximum absolute atomic E-state index is 12.6. The van der Waals surface area contributed by atoms with Crippen molar-refractivity contribution in [1.29, 1.82) is 0 Å². The zero-order valence-corrected chi connectivity index (χ0v) is 15.0. The second kappa shape index (κ2) is 7.61. The van der Waals surface area contributed by atoms with Crippen LogP contribution in [-0.4, -0.2) is 44.9 Å². The largest absolute Gasteiger partial charge is 0.507 e. The number of aliphatic hydroxyl groups is 2. The first-order chi connectivity index (χ1) is 13.3. The van der Waals surface area contributed by atoms with Crippen molar-refractivity contribution >= 4 is 23.1 Å². The van der Waals surface area contributed by atoms with E-state index in [1.165, 1.54) is 24.3 Å². The number of carbonyl (C=O) groups excluding carboxylic acids is 2. The number of ketones is 1. The Hall–Kier alpha value is -3.52. The Balaban J connectivity index is 2.15. The predicted molar refractivity (Wildman–Crippen MR) is 100 cm³/mol. The summed E-state index contributed by atoms with van der Waals surface area (Å²) in [4.78, 5) is 36.6. The van der Waals surface area contributed by atoms with Crippen molar-refractivity contribution in [3.63, 3.8) is 0 Å². The van der Waals surface area contributed by atoms with Crippen LogP contribution in [0, 0.1) is 17.0 Å². The minimum absolute atomic E-state index is 0.114. The van der Waals surface area contributed by atoms with Crippen LogP contribution in [0.2, 0.25) is 0 Å². The smallest absolute Gasteiger partial charge is 0.295 e. The van der Waals surface area contributed by atoms with Crippen LogP contribution in [0.5, 0.6) is 0 Å². The number of likely N-dealkylation sites (tertiary alicyclic amines) is 1. The van der Waals surface area contributed by atoms with E-state index in [0.717, 1.165) is 10.5 Å². The number of non-ortho nitro benzene ring substituents is 1. The van der Waals surface area contributed by atoms with E-state index in [1.54, 1.807) is 24.3 Å². The Morgan fingerprint density at radius 2 is 1.71 bits per heavy atom. The minimum Gasteiger partial charge on any atom is -0.507 e. The number of nitrogens with zero attached hydrogens (tertiary/aromatic N) is 2. The van der Waals surface area contributed by atoms with Crippen LogP contribution < -0.4 is 0 Å². The number of Topliss-reactive ketones (excluding diaryl/α,β-unsaturated/α-hetero) is 1. The second-order valence-electron chi connectivity index (χ2n) is 6.43. The zero-order valence-electron chi connectivity index (χ0n) is 15.0. The predicted octanol–water partition coefficient (Wildman–Crippen LogP) is 2.32. The van der Waals surface area contributed by atoms with Gasteiger partial charge in [0.1, 0.15) is 5.76 Å². The lowest BCUT2D eigenvalue weighted by Gasteiger charge is -2.24. The average molecular weight is 382 g/mol. The summed E-state index contributed by atoms with van der Waals surface area (Å²) in [6.07, 6.45) is 0. The number of aryl methyl sites for hydroxylation is 1. The molecule has 8 nitrogen and oxygen atoms in total. The Labute approximate surface area is 160 Å². The lowest BCUT2D eigenvalue weighted by molar-refractivity contribution is -0.384. The van der Waals surface area contributed by atoms with Gasteiger partial charge in [-0.05, 0) is 24.6 Å². The maximum Gasteiger partial charge on any atom is 0.295 e. The van der Waals surface area contributed by atoms with Gasteiger partial charge in [0.2, 0.25) is 0 Å². The van der Waals surface area contributed by atoms with Crippen LogP contribution in [0.1, 0.15) is 22.7 Å². The van der Waals surface area contributed by atoms with Crippen molar-refractivity contribution in [3.05, 3.63) is 80.9 Å². The molecule has 0 unspecified atom stereocenters. The van der Waals surface area contributed by atoms with Gasteiger partial charge in [-0.3, -0.25) is 19.7 Å². The third-order valence-electron chi connectivity index (χ3n) is 4.63. The van der Waals surface area contributed by atoms with Gasteiger partial charge in [-0.2, -0.15) is 0 Å². The SMILES string of the molecule is Cc1ccc(/C(O)=C2\C(=O)C(=O)N(CCO)[C@H]2c2ccc([N+](=O)[O-])cc2)cc1. The van der Waals surface area contributed by atoms with Crippen molar-refractivity contribution in [1.82, 2.24) is 4.90 Å². The summed E-state index contributed by atoms with van der Waals surface area (Å²) in [5, 5.41) is 31.0. The molecule has 0 bridgehead atoms. The Kier molecular flexibility index (Phi) is 5.23. The number of aliphatic hydroxyl groups excluding tert-OH is 2. The van der Waals surface area contributed by atoms with E-state index >= 15 is 0 Å². The van der Waals surface area contributed by atoms with Gasteiger partial charge in [-0.15, -0.1) is 0 Å². The van der Waals surface area contributed by atoms with Gasteiger partial charge in [0, 0.05) is 24.2 Å². The second-order valence-corrected chi connectivity index (χ2v) is 6.43. The molecule has 0 radical (unpaired) electrons.